The number of carbonyl (C=O) groups is 2. The van der Waals surface area contributed by atoms with Gasteiger partial charge in [-0.05, 0) is 41.8 Å². The van der Waals surface area contributed by atoms with Gasteiger partial charge in [-0.15, -0.1) is 5.10 Å². The van der Waals surface area contributed by atoms with E-state index in [1.165, 1.54) is 11.0 Å². The minimum absolute atomic E-state index is 0.0645. The zero-order valence-corrected chi connectivity index (χ0v) is 15.5. The summed E-state index contributed by atoms with van der Waals surface area (Å²) in [4.78, 5) is 26.7. The van der Waals surface area contributed by atoms with Gasteiger partial charge in [-0.1, -0.05) is 19.1 Å². The molecule has 0 unspecified atom stereocenters. The number of nitrogens with zero attached hydrogens (tertiary/aromatic N) is 5. The molecule has 1 fully saturated rings. The number of nitrogens with one attached hydrogen (secondary N) is 2. The Kier molecular flexibility index (Phi) is 6.48. The van der Waals surface area contributed by atoms with Crippen molar-refractivity contribution < 1.29 is 9.59 Å². The van der Waals surface area contributed by atoms with Crippen LogP contribution in [0.1, 0.15) is 36.5 Å². The molecular formula is C18H25N7O2. The normalized spacial score (nSPS) is 15.4. The predicted octanol–water partition coefficient (Wildman–Crippen LogP) is 0.383. The molecule has 0 saturated carbocycles. The van der Waals surface area contributed by atoms with E-state index in [0.717, 1.165) is 32.4 Å². The molecule has 0 bridgehead atoms. The molecule has 1 saturated heterocycles. The van der Waals surface area contributed by atoms with Gasteiger partial charge in [0.25, 0.3) is 5.91 Å². The number of amides is 2. The summed E-state index contributed by atoms with van der Waals surface area (Å²) in [5, 5.41) is 17.1. The first kappa shape index (κ1) is 19.0. The van der Waals surface area contributed by atoms with Gasteiger partial charge in [0.15, 0.2) is 0 Å². The molecule has 2 amide bonds. The number of para-hydroxylation sites is 1. The molecule has 0 radical (unpaired) electrons. The number of hydrogen-bond donors (Lipinski definition) is 2. The lowest BCUT2D eigenvalue weighted by molar-refractivity contribution is -0.122. The summed E-state index contributed by atoms with van der Waals surface area (Å²) in [5.74, 6) is -0.0741. The van der Waals surface area contributed by atoms with Crippen molar-refractivity contribution in [1.29, 1.82) is 0 Å². The number of benzene rings is 1. The Balaban J connectivity index is 1.53. The van der Waals surface area contributed by atoms with Crippen LogP contribution < -0.4 is 10.6 Å². The summed E-state index contributed by atoms with van der Waals surface area (Å²) in [5.41, 5.74) is 1.18. The van der Waals surface area contributed by atoms with Gasteiger partial charge in [0, 0.05) is 25.7 Å². The fourth-order valence-electron chi connectivity index (χ4n) is 3.16. The van der Waals surface area contributed by atoms with Crippen LogP contribution in [0.3, 0.4) is 0 Å². The molecule has 144 valence electrons. The Morgan fingerprint density at radius 2 is 2.00 bits per heavy atom. The molecule has 1 aliphatic heterocycles. The predicted molar refractivity (Wildman–Crippen MR) is 99.4 cm³/mol. The smallest absolute Gasteiger partial charge is 0.253 e. The van der Waals surface area contributed by atoms with Gasteiger partial charge in [0.05, 0.1) is 17.8 Å². The average Bonchev–Trinajstić information content (AvgIpc) is 3.22. The second kappa shape index (κ2) is 9.22. The van der Waals surface area contributed by atoms with Crippen LogP contribution >= 0.6 is 0 Å². The number of carbonyl (C=O) groups excluding carboxylic acids is 2. The first-order chi connectivity index (χ1) is 13.2. The largest absolute Gasteiger partial charge is 0.355 e. The van der Waals surface area contributed by atoms with Crippen molar-refractivity contribution in [3.63, 3.8) is 0 Å². The molecule has 1 aliphatic rings. The lowest BCUT2D eigenvalue weighted by atomic mass is 10.0. The quantitative estimate of drug-likeness (QED) is 0.729. The highest BCUT2D eigenvalue weighted by Gasteiger charge is 2.23. The van der Waals surface area contributed by atoms with E-state index in [2.05, 4.69) is 31.1 Å². The van der Waals surface area contributed by atoms with E-state index in [9.17, 15) is 9.59 Å². The van der Waals surface area contributed by atoms with Crippen LogP contribution in [-0.4, -0.2) is 69.1 Å². The molecule has 1 aromatic carbocycles. The molecule has 0 atom stereocenters. The van der Waals surface area contributed by atoms with Crippen LogP contribution in [0.15, 0.2) is 30.6 Å². The highest BCUT2D eigenvalue weighted by atomic mass is 16.2. The lowest BCUT2D eigenvalue weighted by Crippen LogP contribution is -2.47. The van der Waals surface area contributed by atoms with Crippen molar-refractivity contribution in [2.24, 2.45) is 0 Å². The molecule has 2 N–H and O–H groups in total. The fraction of sp³-hybridized carbons (Fsp3) is 0.500. The van der Waals surface area contributed by atoms with Crippen molar-refractivity contribution >= 4 is 11.8 Å². The van der Waals surface area contributed by atoms with Gasteiger partial charge in [-0.3, -0.25) is 14.5 Å². The van der Waals surface area contributed by atoms with Crippen LogP contribution in [0.5, 0.6) is 0 Å². The van der Waals surface area contributed by atoms with Crippen molar-refractivity contribution in [2.75, 3.05) is 26.2 Å². The molecule has 9 heteroatoms. The molecule has 3 rings (SSSR count). The Morgan fingerprint density at radius 1 is 1.22 bits per heavy atom. The van der Waals surface area contributed by atoms with Crippen LogP contribution in [0, 0.1) is 0 Å². The molecule has 27 heavy (non-hydrogen) atoms. The number of rotatable bonds is 7. The van der Waals surface area contributed by atoms with Crippen LogP contribution in [0.25, 0.3) is 5.69 Å². The molecule has 2 aromatic rings. The van der Waals surface area contributed by atoms with Gasteiger partial charge in [-0.2, -0.15) is 4.68 Å². The highest BCUT2D eigenvalue weighted by Crippen LogP contribution is 2.15. The molecule has 0 spiro atoms. The van der Waals surface area contributed by atoms with Crippen molar-refractivity contribution in [3.05, 3.63) is 36.2 Å². The zero-order chi connectivity index (χ0) is 19.1. The summed E-state index contributed by atoms with van der Waals surface area (Å²) in [6.07, 6.45) is 4.04. The first-order valence-corrected chi connectivity index (χ1v) is 9.29. The number of piperidine rings is 1. The third-order valence-corrected chi connectivity index (χ3v) is 4.61. The topological polar surface area (TPSA) is 105 Å². The van der Waals surface area contributed by atoms with Crippen LogP contribution in [0.4, 0.5) is 0 Å². The van der Waals surface area contributed by atoms with Crippen LogP contribution in [0.2, 0.25) is 0 Å². The number of hydrogen-bond acceptors (Lipinski definition) is 6. The molecule has 1 aromatic heterocycles. The summed E-state index contributed by atoms with van der Waals surface area (Å²) < 4.78 is 1.48. The standard InChI is InChI=1S/C18H25N7O2/c1-2-9-19-17(26)12-24-10-7-14(8-11-24)21-18(27)15-5-3-4-6-16(15)25-13-20-22-23-25/h3-6,13-14H,2,7-12H2,1H3,(H,19,26)(H,21,27). The van der Waals surface area contributed by atoms with E-state index < -0.39 is 0 Å². The van der Waals surface area contributed by atoms with E-state index >= 15 is 0 Å². The van der Waals surface area contributed by atoms with E-state index in [0.29, 0.717) is 24.3 Å². The number of tetrazole rings is 1. The van der Waals surface area contributed by atoms with E-state index in [1.54, 1.807) is 6.07 Å². The minimum atomic E-state index is -0.139. The summed E-state index contributed by atoms with van der Waals surface area (Å²) in [6.45, 7) is 4.75. The molecular weight excluding hydrogens is 346 g/mol. The lowest BCUT2D eigenvalue weighted by Gasteiger charge is -2.32. The molecule has 9 nitrogen and oxygen atoms in total. The second-order valence-electron chi connectivity index (χ2n) is 6.65. The third-order valence-electron chi connectivity index (χ3n) is 4.61. The maximum absolute atomic E-state index is 12.7. The SMILES string of the molecule is CCCNC(=O)CN1CCC(NC(=O)c2ccccc2-n2cnnn2)CC1. The van der Waals surface area contributed by atoms with E-state index in [-0.39, 0.29) is 17.9 Å². The first-order valence-electron chi connectivity index (χ1n) is 9.29. The van der Waals surface area contributed by atoms with Gasteiger partial charge in [-0.25, -0.2) is 0 Å². The molecule has 0 aliphatic carbocycles. The Hall–Kier alpha value is -2.81. The summed E-state index contributed by atoms with van der Waals surface area (Å²) in [7, 11) is 0. The van der Waals surface area contributed by atoms with Crippen molar-refractivity contribution in [1.82, 2.24) is 35.7 Å². The van der Waals surface area contributed by atoms with E-state index in [1.807, 2.05) is 25.1 Å². The fourth-order valence-corrected chi connectivity index (χ4v) is 3.16. The summed E-state index contributed by atoms with van der Waals surface area (Å²) >= 11 is 0. The zero-order valence-electron chi connectivity index (χ0n) is 15.5. The van der Waals surface area contributed by atoms with Crippen molar-refractivity contribution in [2.45, 2.75) is 32.2 Å². The van der Waals surface area contributed by atoms with Gasteiger partial charge >= 0.3 is 0 Å². The number of aromatic nitrogens is 4. The number of likely N-dealkylation sites (tertiary alicyclic amines) is 1. The maximum atomic E-state index is 12.7. The second-order valence-corrected chi connectivity index (χ2v) is 6.65. The average molecular weight is 371 g/mol. The monoisotopic (exact) mass is 371 g/mol. The van der Waals surface area contributed by atoms with Crippen molar-refractivity contribution in [3.8, 4) is 5.69 Å². The van der Waals surface area contributed by atoms with E-state index in [4.69, 9.17) is 0 Å². The third kappa shape index (κ3) is 5.10. The summed E-state index contributed by atoms with van der Waals surface area (Å²) in [6, 6.07) is 7.33. The maximum Gasteiger partial charge on any atom is 0.253 e. The van der Waals surface area contributed by atoms with Crippen LogP contribution in [-0.2, 0) is 4.79 Å². The van der Waals surface area contributed by atoms with Gasteiger partial charge in [0.2, 0.25) is 5.91 Å². The van der Waals surface area contributed by atoms with Gasteiger partial charge < -0.3 is 10.6 Å². The Morgan fingerprint density at radius 3 is 2.70 bits per heavy atom. The Labute approximate surface area is 158 Å². The Bertz CT molecular complexity index is 755. The minimum Gasteiger partial charge on any atom is -0.355 e. The molecule has 2 heterocycles. The van der Waals surface area contributed by atoms with Gasteiger partial charge in [0.1, 0.15) is 6.33 Å². The highest BCUT2D eigenvalue weighted by molar-refractivity contribution is 5.97.